The molecule has 0 saturated heterocycles. The molecule has 1 unspecified atom stereocenters. The Bertz CT molecular complexity index is 3160. The molecule has 0 bridgehead atoms. The molecule has 1 aromatic heterocycles. The van der Waals surface area contributed by atoms with Crippen LogP contribution in [0.3, 0.4) is 0 Å². The molecule has 0 aliphatic rings. The van der Waals surface area contributed by atoms with E-state index in [1.54, 1.807) is 0 Å². The number of nitrogens with zero attached hydrogens (tertiary/aromatic N) is 3. The summed E-state index contributed by atoms with van der Waals surface area (Å²) in [5.74, 6) is 0.730. The minimum atomic E-state index is -0.0271. The Morgan fingerprint density at radius 1 is 0.448 bits per heavy atom. The maximum atomic E-state index is 5.13. The van der Waals surface area contributed by atoms with Gasteiger partial charge in [-0.15, -0.1) is 0 Å². The number of para-hydroxylation sites is 1. The molecule has 3 nitrogen and oxygen atoms in total. The Kier molecular flexibility index (Phi) is 9.04. The van der Waals surface area contributed by atoms with Gasteiger partial charge in [-0.25, -0.2) is 4.99 Å². The molecule has 0 amide bonds. The van der Waals surface area contributed by atoms with Crippen molar-refractivity contribution in [1.82, 2.24) is 4.57 Å². The molecule has 1 heterocycles. The molecule has 0 saturated carbocycles. The molecule has 0 radical (unpaired) electrons. The molecule has 1 atom stereocenters. The van der Waals surface area contributed by atoms with E-state index in [9.17, 15) is 0 Å². The van der Waals surface area contributed by atoms with E-state index in [2.05, 4.69) is 200 Å². The van der Waals surface area contributed by atoms with Gasteiger partial charge in [-0.3, -0.25) is 4.99 Å². The number of aliphatic imine (C=N–C) groups is 2. The first kappa shape index (κ1) is 35.1. The molecular formula is C55H41N3. The molecule has 0 spiro atoms. The zero-order valence-electron chi connectivity index (χ0n) is 32.5. The van der Waals surface area contributed by atoms with Gasteiger partial charge >= 0.3 is 0 Å². The second-order valence-corrected chi connectivity index (χ2v) is 15.0. The zero-order chi connectivity index (χ0) is 39.0. The Morgan fingerprint density at radius 3 is 1.76 bits per heavy atom. The topological polar surface area (TPSA) is 29.6 Å². The van der Waals surface area contributed by atoms with Gasteiger partial charge in [0.1, 0.15) is 0 Å². The van der Waals surface area contributed by atoms with Crippen LogP contribution in [-0.2, 0) is 0 Å². The van der Waals surface area contributed by atoms with Crippen molar-refractivity contribution in [1.29, 1.82) is 0 Å². The fraction of sp³-hybridized carbons (Fsp3) is 0.0545. The smallest absolute Gasteiger partial charge is 0.155 e. The SMILES string of the molecule is CC(=NC(=NC(C)c1ccccc1)c1ccccc1)c1ccc(-n2c3ccccc3c3c4ccc(-c5ccc6ccc(-c7ccccc7)cc6c5)cc4ccc32)cc1. The van der Waals surface area contributed by atoms with Gasteiger partial charge in [0.05, 0.1) is 17.1 Å². The fourth-order valence-corrected chi connectivity index (χ4v) is 8.31. The molecule has 10 aromatic rings. The van der Waals surface area contributed by atoms with Gasteiger partial charge in [0.15, 0.2) is 5.84 Å². The Hall–Kier alpha value is -7.36. The van der Waals surface area contributed by atoms with Crippen molar-refractivity contribution in [3.05, 3.63) is 223 Å². The molecule has 0 aliphatic carbocycles. The van der Waals surface area contributed by atoms with Crippen molar-refractivity contribution in [3.63, 3.8) is 0 Å². The van der Waals surface area contributed by atoms with Crippen molar-refractivity contribution in [2.75, 3.05) is 0 Å². The summed E-state index contributed by atoms with van der Waals surface area (Å²) in [6.45, 7) is 4.19. The van der Waals surface area contributed by atoms with Crippen LogP contribution >= 0.6 is 0 Å². The highest BCUT2D eigenvalue weighted by Gasteiger charge is 2.16. The van der Waals surface area contributed by atoms with Gasteiger partial charge in [-0.2, -0.15) is 0 Å². The van der Waals surface area contributed by atoms with Crippen molar-refractivity contribution in [2.45, 2.75) is 19.9 Å². The van der Waals surface area contributed by atoms with Crippen molar-refractivity contribution in [2.24, 2.45) is 9.98 Å². The highest BCUT2D eigenvalue weighted by Crippen LogP contribution is 2.39. The number of hydrogen-bond acceptors (Lipinski definition) is 1. The van der Waals surface area contributed by atoms with E-state index in [4.69, 9.17) is 9.98 Å². The number of aromatic nitrogens is 1. The molecule has 276 valence electrons. The fourth-order valence-electron chi connectivity index (χ4n) is 8.31. The average Bonchev–Trinajstić information content (AvgIpc) is 3.64. The van der Waals surface area contributed by atoms with Crippen LogP contribution in [0, 0.1) is 0 Å². The first-order valence-electron chi connectivity index (χ1n) is 20.0. The lowest BCUT2D eigenvalue weighted by Crippen LogP contribution is -2.06. The number of amidine groups is 1. The molecule has 0 aliphatic heterocycles. The maximum Gasteiger partial charge on any atom is 0.155 e. The van der Waals surface area contributed by atoms with Gasteiger partial charge in [0, 0.05) is 27.7 Å². The van der Waals surface area contributed by atoms with Crippen LogP contribution in [0.4, 0.5) is 0 Å². The highest BCUT2D eigenvalue weighted by molar-refractivity contribution is 6.21. The Morgan fingerprint density at radius 2 is 1.03 bits per heavy atom. The minimum absolute atomic E-state index is 0.0271. The highest BCUT2D eigenvalue weighted by atomic mass is 15.0. The summed E-state index contributed by atoms with van der Waals surface area (Å²) in [4.78, 5) is 10.2. The van der Waals surface area contributed by atoms with E-state index in [-0.39, 0.29) is 6.04 Å². The zero-order valence-corrected chi connectivity index (χ0v) is 32.5. The van der Waals surface area contributed by atoms with Gasteiger partial charge in [-0.1, -0.05) is 164 Å². The quantitative estimate of drug-likeness (QED) is 0.115. The molecule has 0 fully saturated rings. The van der Waals surface area contributed by atoms with E-state index in [0.29, 0.717) is 0 Å². The lowest BCUT2D eigenvalue weighted by atomic mass is 9.95. The first-order valence-corrected chi connectivity index (χ1v) is 20.0. The summed E-state index contributed by atoms with van der Waals surface area (Å²) < 4.78 is 2.39. The summed E-state index contributed by atoms with van der Waals surface area (Å²) in [6, 6.07) is 73.8. The second-order valence-electron chi connectivity index (χ2n) is 15.0. The summed E-state index contributed by atoms with van der Waals surface area (Å²) in [5, 5.41) is 7.48. The van der Waals surface area contributed by atoms with E-state index in [1.807, 2.05) is 24.3 Å². The maximum absolute atomic E-state index is 5.13. The lowest BCUT2D eigenvalue weighted by Gasteiger charge is -2.12. The summed E-state index contributed by atoms with van der Waals surface area (Å²) >= 11 is 0. The third-order valence-electron chi connectivity index (χ3n) is 11.4. The van der Waals surface area contributed by atoms with Gasteiger partial charge in [-0.05, 0) is 111 Å². The van der Waals surface area contributed by atoms with E-state index < -0.39 is 0 Å². The third-order valence-corrected chi connectivity index (χ3v) is 11.4. The van der Waals surface area contributed by atoms with Crippen molar-refractivity contribution < 1.29 is 0 Å². The molecule has 58 heavy (non-hydrogen) atoms. The first-order chi connectivity index (χ1) is 28.6. The minimum Gasteiger partial charge on any atom is -0.309 e. The summed E-state index contributed by atoms with van der Waals surface area (Å²) in [5.41, 5.74) is 12.5. The van der Waals surface area contributed by atoms with Crippen LogP contribution < -0.4 is 0 Å². The van der Waals surface area contributed by atoms with Crippen LogP contribution in [-0.4, -0.2) is 16.1 Å². The molecule has 10 rings (SSSR count). The predicted molar refractivity (Wildman–Crippen MR) is 247 cm³/mol. The molecule has 0 N–H and O–H groups in total. The van der Waals surface area contributed by atoms with E-state index >= 15 is 0 Å². The van der Waals surface area contributed by atoms with Crippen LogP contribution in [0.5, 0.6) is 0 Å². The number of rotatable bonds is 7. The summed E-state index contributed by atoms with van der Waals surface area (Å²) in [7, 11) is 0. The molecule has 3 heteroatoms. The third kappa shape index (κ3) is 6.57. The van der Waals surface area contributed by atoms with E-state index in [1.165, 1.54) is 65.6 Å². The van der Waals surface area contributed by atoms with Gasteiger partial charge < -0.3 is 4.57 Å². The van der Waals surface area contributed by atoms with Crippen molar-refractivity contribution >= 4 is 54.9 Å². The number of benzene rings is 9. The van der Waals surface area contributed by atoms with Crippen molar-refractivity contribution in [3.8, 4) is 27.9 Å². The summed E-state index contributed by atoms with van der Waals surface area (Å²) in [6.07, 6.45) is 0. The van der Waals surface area contributed by atoms with Gasteiger partial charge in [0.2, 0.25) is 0 Å². The number of hydrogen-bond donors (Lipinski definition) is 0. The Labute approximate surface area is 338 Å². The Balaban J connectivity index is 1.01. The van der Waals surface area contributed by atoms with Crippen LogP contribution in [0.2, 0.25) is 0 Å². The monoisotopic (exact) mass is 743 g/mol. The molecular weight excluding hydrogens is 703 g/mol. The van der Waals surface area contributed by atoms with Gasteiger partial charge in [0.25, 0.3) is 0 Å². The standard InChI is InChI=1S/C55H41N3/c1-37(39-14-6-3-7-15-39)56-55(43-18-10-5-11-19-43)57-38(2)40-26-30-49(31-27-40)58-52-21-13-12-20-51(52)54-50-32-28-46(34-47(50)29-33-53(54)58)45-25-23-42-22-24-44(35-48(42)36-45)41-16-8-4-9-17-41/h3-37H,1-2H3. The average molecular weight is 744 g/mol. The van der Waals surface area contributed by atoms with Crippen LogP contribution in [0.15, 0.2) is 216 Å². The lowest BCUT2D eigenvalue weighted by molar-refractivity contribution is 0.818. The van der Waals surface area contributed by atoms with Crippen LogP contribution in [0.1, 0.15) is 36.6 Å². The second kappa shape index (κ2) is 14.9. The predicted octanol–water partition coefficient (Wildman–Crippen LogP) is 14.4. The largest absolute Gasteiger partial charge is 0.309 e. The normalized spacial score (nSPS) is 12.8. The van der Waals surface area contributed by atoms with Crippen LogP contribution in [0.25, 0.3) is 71.3 Å². The molecule has 9 aromatic carbocycles. The van der Waals surface area contributed by atoms with E-state index in [0.717, 1.165) is 33.9 Å². The number of fused-ring (bicyclic) bond motifs is 6.